The summed E-state index contributed by atoms with van der Waals surface area (Å²) in [5.74, 6) is -1.24. The quantitative estimate of drug-likeness (QED) is 0.584. The Morgan fingerprint density at radius 2 is 1.50 bits per heavy atom. The van der Waals surface area contributed by atoms with Crippen LogP contribution in [0.4, 0.5) is 10.1 Å². The summed E-state index contributed by atoms with van der Waals surface area (Å²) in [6.45, 7) is 1.38. The molecule has 0 aliphatic carbocycles. The van der Waals surface area contributed by atoms with Crippen LogP contribution in [0.15, 0.2) is 89.8 Å². The summed E-state index contributed by atoms with van der Waals surface area (Å²) in [6, 6.07) is 22.3. The third-order valence-electron chi connectivity index (χ3n) is 4.68. The van der Waals surface area contributed by atoms with Crippen molar-refractivity contribution >= 4 is 21.6 Å². The van der Waals surface area contributed by atoms with Gasteiger partial charge in [-0.3, -0.25) is 9.10 Å². The maximum absolute atomic E-state index is 14.5. The number of carbonyl (C=O) groups excluding carboxylic acids is 1. The molecule has 0 fully saturated rings. The van der Waals surface area contributed by atoms with Crippen molar-refractivity contribution in [3.63, 3.8) is 0 Å². The van der Waals surface area contributed by atoms with Gasteiger partial charge >= 0.3 is 0 Å². The van der Waals surface area contributed by atoms with E-state index < -0.39 is 28.3 Å². The largest absolute Gasteiger partial charge is 0.348 e. The fourth-order valence-electron chi connectivity index (χ4n) is 3.15. The highest BCUT2D eigenvalue weighted by Gasteiger charge is 2.29. The number of hydrogen-bond acceptors (Lipinski definition) is 3. The standard InChI is InChI=1S/C23H23FN2O3S/c1-2-21(18-11-5-3-6-12-18)25-23(27)17-26(22-16-10-9-15-20(22)24)30(28,29)19-13-7-4-8-14-19/h3-16,21H,2,17H2,1H3,(H,25,27)/t21-/m1/s1. The minimum Gasteiger partial charge on any atom is -0.348 e. The minimum absolute atomic E-state index is 0.0175. The SMILES string of the molecule is CC[C@@H](NC(=O)CN(c1ccccc1F)S(=O)(=O)c1ccccc1)c1ccccc1. The molecule has 0 saturated carbocycles. The summed E-state index contributed by atoms with van der Waals surface area (Å²) < 4.78 is 41.8. The zero-order valence-corrected chi connectivity index (χ0v) is 17.3. The monoisotopic (exact) mass is 426 g/mol. The number of carbonyl (C=O) groups is 1. The smallest absolute Gasteiger partial charge is 0.264 e. The van der Waals surface area contributed by atoms with Gasteiger partial charge in [-0.25, -0.2) is 12.8 Å². The molecule has 3 aromatic rings. The van der Waals surface area contributed by atoms with E-state index in [4.69, 9.17) is 0 Å². The molecule has 0 aliphatic heterocycles. The van der Waals surface area contributed by atoms with Crippen LogP contribution < -0.4 is 9.62 Å². The van der Waals surface area contributed by atoms with E-state index in [1.165, 1.54) is 36.4 Å². The van der Waals surface area contributed by atoms with Gasteiger partial charge in [0.2, 0.25) is 5.91 Å². The van der Waals surface area contributed by atoms with E-state index in [0.717, 1.165) is 9.87 Å². The minimum atomic E-state index is -4.15. The number of nitrogens with zero attached hydrogens (tertiary/aromatic N) is 1. The van der Waals surface area contributed by atoms with Gasteiger partial charge in [-0.15, -0.1) is 0 Å². The normalized spacial score (nSPS) is 12.2. The van der Waals surface area contributed by atoms with Crippen LogP contribution in [0, 0.1) is 5.82 Å². The molecule has 1 N–H and O–H groups in total. The van der Waals surface area contributed by atoms with E-state index in [1.54, 1.807) is 18.2 Å². The molecule has 0 radical (unpaired) electrons. The lowest BCUT2D eigenvalue weighted by atomic mass is 10.0. The first kappa shape index (κ1) is 21.5. The van der Waals surface area contributed by atoms with Crippen LogP contribution in [0.5, 0.6) is 0 Å². The maximum atomic E-state index is 14.5. The predicted octanol–water partition coefficient (Wildman–Crippen LogP) is 4.29. The number of anilines is 1. The summed E-state index contributed by atoms with van der Waals surface area (Å²) in [5, 5.41) is 2.86. The van der Waals surface area contributed by atoms with Gasteiger partial charge in [0, 0.05) is 0 Å². The number of halogens is 1. The van der Waals surface area contributed by atoms with Crippen molar-refractivity contribution in [1.82, 2.24) is 5.32 Å². The first-order valence-electron chi connectivity index (χ1n) is 9.60. The number of para-hydroxylation sites is 1. The lowest BCUT2D eigenvalue weighted by molar-refractivity contribution is -0.120. The van der Waals surface area contributed by atoms with Gasteiger partial charge in [0.05, 0.1) is 16.6 Å². The van der Waals surface area contributed by atoms with Crippen molar-refractivity contribution in [2.24, 2.45) is 0 Å². The second-order valence-electron chi connectivity index (χ2n) is 6.72. The number of amides is 1. The van der Waals surface area contributed by atoms with Gasteiger partial charge in [-0.05, 0) is 36.2 Å². The van der Waals surface area contributed by atoms with E-state index in [9.17, 15) is 17.6 Å². The Hall–Kier alpha value is -3.19. The van der Waals surface area contributed by atoms with Crippen LogP contribution in [-0.4, -0.2) is 20.9 Å². The third kappa shape index (κ3) is 4.86. The molecule has 0 bridgehead atoms. The topological polar surface area (TPSA) is 66.5 Å². The fraction of sp³-hybridized carbons (Fsp3) is 0.174. The molecular weight excluding hydrogens is 403 g/mol. The van der Waals surface area contributed by atoms with E-state index in [2.05, 4.69) is 5.32 Å². The molecule has 0 heterocycles. The highest BCUT2D eigenvalue weighted by Crippen LogP contribution is 2.26. The molecule has 3 aromatic carbocycles. The number of nitrogens with one attached hydrogen (secondary N) is 1. The number of hydrogen-bond donors (Lipinski definition) is 1. The lowest BCUT2D eigenvalue weighted by Gasteiger charge is -2.26. The molecule has 0 saturated heterocycles. The summed E-state index contributed by atoms with van der Waals surface area (Å²) in [5.41, 5.74) is 0.737. The van der Waals surface area contributed by atoms with E-state index in [0.29, 0.717) is 6.42 Å². The van der Waals surface area contributed by atoms with Crippen LogP contribution in [-0.2, 0) is 14.8 Å². The molecular formula is C23H23FN2O3S. The van der Waals surface area contributed by atoms with Crippen LogP contribution in [0.25, 0.3) is 0 Å². The van der Waals surface area contributed by atoms with Gasteiger partial charge < -0.3 is 5.32 Å². The first-order chi connectivity index (χ1) is 14.4. The lowest BCUT2D eigenvalue weighted by Crippen LogP contribution is -2.42. The van der Waals surface area contributed by atoms with Crippen molar-refractivity contribution in [3.8, 4) is 0 Å². The predicted molar refractivity (Wildman–Crippen MR) is 115 cm³/mol. The van der Waals surface area contributed by atoms with Crippen molar-refractivity contribution in [3.05, 3.63) is 96.3 Å². The zero-order valence-electron chi connectivity index (χ0n) is 16.5. The molecule has 5 nitrogen and oxygen atoms in total. The molecule has 7 heteroatoms. The van der Waals surface area contributed by atoms with E-state index in [-0.39, 0.29) is 16.6 Å². The summed E-state index contributed by atoms with van der Waals surface area (Å²) >= 11 is 0. The maximum Gasteiger partial charge on any atom is 0.264 e. The van der Waals surface area contributed by atoms with Crippen molar-refractivity contribution in [2.45, 2.75) is 24.3 Å². The van der Waals surface area contributed by atoms with E-state index >= 15 is 0 Å². The highest BCUT2D eigenvalue weighted by atomic mass is 32.2. The molecule has 0 aromatic heterocycles. The van der Waals surface area contributed by atoms with Gasteiger partial charge in [-0.2, -0.15) is 0 Å². The van der Waals surface area contributed by atoms with Crippen LogP contribution in [0.1, 0.15) is 24.9 Å². The average molecular weight is 427 g/mol. The Kier molecular flexibility index (Phi) is 6.84. The average Bonchev–Trinajstić information content (AvgIpc) is 2.77. The van der Waals surface area contributed by atoms with Crippen LogP contribution in [0.3, 0.4) is 0 Å². The molecule has 0 unspecified atom stereocenters. The second kappa shape index (κ2) is 9.54. The molecule has 1 atom stereocenters. The van der Waals surface area contributed by atoms with Gasteiger partial charge in [-0.1, -0.05) is 67.6 Å². The Balaban J connectivity index is 1.92. The van der Waals surface area contributed by atoms with Crippen molar-refractivity contribution in [2.75, 3.05) is 10.8 Å². The third-order valence-corrected chi connectivity index (χ3v) is 6.46. The number of sulfonamides is 1. The number of rotatable bonds is 8. The van der Waals surface area contributed by atoms with Gasteiger partial charge in [0.1, 0.15) is 12.4 Å². The molecule has 0 spiro atoms. The second-order valence-corrected chi connectivity index (χ2v) is 8.58. The molecule has 3 rings (SSSR count). The molecule has 0 aliphatic rings. The summed E-state index contributed by atoms with van der Waals surface area (Å²) in [4.78, 5) is 12.8. The van der Waals surface area contributed by atoms with E-state index in [1.807, 2.05) is 37.3 Å². The van der Waals surface area contributed by atoms with Crippen molar-refractivity contribution < 1.29 is 17.6 Å². The number of benzene rings is 3. The van der Waals surface area contributed by atoms with Crippen molar-refractivity contribution in [1.29, 1.82) is 0 Å². The van der Waals surface area contributed by atoms with Crippen LogP contribution >= 0.6 is 0 Å². The van der Waals surface area contributed by atoms with Gasteiger partial charge in [0.15, 0.2) is 0 Å². The molecule has 1 amide bonds. The Bertz CT molecular complexity index is 1090. The Labute approximate surface area is 176 Å². The fourth-order valence-corrected chi connectivity index (χ4v) is 4.60. The summed E-state index contributed by atoms with van der Waals surface area (Å²) in [7, 11) is -4.15. The Morgan fingerprint density at radius 1 is 0.933 bits per heavy atom. The molecule has 30 heavy (non-hydrogen) atoms. The first-order valence-corrected chi connectivity index (χ1v) is 11.0. The zero-order chi connectivity index (χ0) is 21.6. The molecule has 156 valence electrons. The summed E-state index contributed by atoms with van der Waals surface area (Å²) in [6.07, 6.45) is 0.626. The highest BCUT2D eigenvalue weighted by molar-refractivity contribution is 7.92. The Morgan fingerprint density at radius 3 is 2.10 bits per heavy atom. The van der Waals surface area contributed by atoms with Crippen LogP contribution in [0.2, 0.25) is 0 Å². The van der Waals surface area contributed by atoms with Gasteiger partial charge in [0.25, 0.3) is 10.0 Å².